The third kappa shape index (κ3) is 5.69. The largest absolute Gasteiger partial charge is 0.439 e. The van der Waals surface area contributed by atoms with E-state index in [1.807, 2.05) is 36.4 Å². The van der Waals surface area contributed by atoms with Gasteiger partial charge in [0, 0.05) is 32.5 Å². The minimum absolute atomic E-state index is 0.105. The zero-order valence-corrected chi connectivity index (χ0v) is 13.1. The molecule has 0 bridgehead atoms. The smallest absolute Gasteiger partial charge is 0.222 e. The molecule has 0 saturated carbocycles. The van der Waals surface area contributed by atoms with Crippen molar-refractivity contribution in [3.63, 3.8) is 0 Å². The first-order valence-electron chi connectivity index (χ1n) is 7.38. The van der Waals surface area contributed by atoms with E-state index in [1.54, 1.807) is 19.4 Å². The van der Waals surface area contributed by atoms with Crippen LogP contribution in [0.5, 0.6) is 11.6 Å². The molecule has 23 heavy (non-hydrogen) atoms. The lowest BCUT2D eigenvalue weighted by molar-refractivity contribution is -0.123. The second-order valence-corrected chi connectivity index (χ2v) is 4.99. The van der Waals surface area contributed by atoms with Crippen molar-refractivity contribution in [2.24, 2.45) is 5.73 Å². The van der Waals surface area contributed by atoms with Gasteiger partial charge in [-0.25, -0.2) is 4.98 Å². The molecule has 0 saturated heterocycles. The van der Waals surface area contributed by atoms with Gasteiger partial charge in [0.15, 0.2) is 0 Å². The summed E-state index contributed by atoms with van der Waals surface area (Å²) in [6.07, 6.45) is 1.67. The number of nitrogens with two attached hydrogens (primary N) is 1. The quantitative estimate of drug-likeness (QED) is 0.776. The number of amides is 1. The number of methoxy groups -OCH3 is 1. The molecule has 1 aromatic heterocycles. The second-order valence-electron chi connectivity index (χ2n) is 4.99. The molecule has 0 radical (unpaired) electrons. The summed E-state index contributed by atoms with van der Waals surface area (Å²) in [5.41, 5.74) is 6.38. The van der Waals surface area contributed by atoms with Crippen LogP contribution in [0.25, 0.3) is 0 Å². The Labute approximate surface area is 135 Å². The summed E-state index contributed by atoms with van der Waals surface area (Å²) in [5.74, 6) is 1.13. The van der Waals surface area contributed by atoms with Crippen LogP contribution in [0.15, 0.2) is 48.7 Å². The maximum atomic E-state index is 11.8. The first-order chi connectivity index (χ1) is 11.2. The van der Waals surface area contributed by atoms with Crippen LogP contribution in [0.2, 0.25) is 0 Å². The van der Waals surface area contributed by atoms with Crippen molar-refractivity contribution in [3.8, 4) is 11.6 Å². The molecule has 6 heteroatoms. The Morgan fingerprint density at radius 2 is 2.04 bits per heavy atom. The molecule has 1 aromatic carbocycles. The van der Waals surface area contributed by atoms with Gasteiger partial charge in [0.05, 0.1) is 12.5 Å². The van der Waals surface area contributed by atoms with E-state index >= 15 is 0 Å². The SMILES string of the molecule is COC(CN)CC(=O)NCc1ccc(Oc2ccccc2)nc1. The Kier molecular flexibility index (Phi) is 6.53. The number of rotatable bonds is 8. The minimum Gasteiger partial charge on any atom is -0.439 e. The predicted molar refractivity (Wildman–Crippen MR) is 87.1 cm³/mol. The number of benzene rings is 1. The summed E-state index contributed by atoms with van der Waals surface area (Å²) >= 11 is 0. The van der Waals surface area contributed by atoms with Crippen LogP contribution in [0, 0.1) is 0 Å². The number of carbonyl (C=O) groups is 1. The molecule has 122 valence electrons. The van der Waals surface area contributed by atoms with Gasteiger partial charge in [0.25, 0.3) is 0 Å². The number of aromatic nitrogens is 1. The van der Waals surface area contributed by atoms with Gasteiger partial charge in [-0.1, -0.05) is 24.3 Å². The fourth-order valence-corrected chi connectivity index (χ4v) is 1.93. The van der Waals surface area contributed by atoms with Crippen molar-refractivity contribution in [2.75, 3.05) is 13.7 Å². The van der Waals surface area contributed by atoms with Gasteiger partial charge in [-0.2, -0.15) is 0 Å². The summed E-state index contributed by atoms with van der Waals surface area (Å²) in [6, 6.07) is 13.1. The standard InChI is InChI=1S/C17H21N3O3/c1-22-15(10-18)9-16(21)19-11-13-7-8-17(20-12-13)23-14-5-3-2-4-6-14/h2-8,12,15H,9-11,18H2,1H3,(H,19,21). The van der Waals surface area contributed by atoms with Crippen molar-refractivity contribution in [1.29, 1.82) is 0 Å². The molecule has 0 fully saturated rings. The molecule has 1 unspecified atom stereocenters. The maximum Gasteiger partial charge on any atom is 0.222 e. The highest BCUT2D eigenvalue weighted by Gasteiger charge is 2.11. The van der Waals surface area contributed by atoms with Crippen LogP contribution < -0.4 is 15.8 Å². The van der Waals surface area contributed by atoms with Gasteiger partial charge >= 0.3 is 0 Å². The van der Waals surface area contributed by atoms with E-state index in [4.69, 9.17) is 15.2 Å². The number of hydrogen-bond donors (Lipinski definition) is 2. The molecule has 2 rings (SSSR count). The number of nitrogens with one attached hydrogen (secondary N) is 1. The summed E-state index contributed by atoms with van der Waals surface area (Å²) in [7, 11) is 1.54. The molecule has 1 amide bonds. The van der Waals surface area contributed by atoms with E-state index in [9.17, 15) is 4.79 Å². The van der Waals surface area contributed by atoms with Crippen molar-refractivity contribution in [2.45, 2.75) is 19.1 Å². The second kappa shape index (κ2) is 8.87. The highest BCUT2D eigenvalue weighted by Crippen LogP contribution is 2.18. The number of hydrogen-bond acceptors (Lipinski definition) is 5. The molecular formula is C17H21N3O3. The Bertz CT molecular complexity index is 598. The Hall–Kier alpha value is -2.44. The molecule has 0 aliphatic rings. The van der Waals surface area contributed by atoms with Crippen molar-refractivity contribution >= 4 is 5.91 Å². The zero-order chi connectivity index (χ0) is 16.5. The summed E-state index contributed by atoms with van der Waals surface area (Å²) in [5, 5.41) is 2.81. The third-order valence-electron chi connectivity index (χ3n) is 3.26. The Morgan fingerprint density at radius 3 is 2.65 bits per heavy atom. The van der Waals surface area contributed by atoms with E-state index in [2.05, 4.69) is 10.3 Å². The van der Waals surface area contributed by atoms with Gasteiger partial charge < -0.3 is 20.5 Å². The fraction of sp³-hybridized carbons (Fsp3) is 0.294. The van der Waals surface area contributed by atoms with Gasteiger partial charge in [0.2, 0.25) is 11.8 Å². The number of para-hydroxylation sites is 1. The Morgan fingerprint density at radius 1 is 1.26 bits per heavy atom. The molecule has 6 nitrogen and oxygen atoms in total. The van der Waals surface area contributed by atoms with E-state index < -0.39 is 0 Å². The zero-order valence-electron chi connectivity index (χ0n) is 13.1. The Balaban J connectivity index is 1.82. The van der Waals surface area contributed by atoms with Crippen molar-refractivity contribution in [3.05, 3.63) is 54.2 Å². The number of nitrogens with zero attached hydrogens (tertiary/aromatic N) is 1. The van der Waals surface area contributed by atoms with E-state index in [0.717, 1.165) is 11.3 Å². The molecular weight excluding hydrogens is 294 g/mol. The van der Waals surface area contributed by atoms with E-state index in [0.29, 0.717) is 19.0 Å². The van der Waals surface area contributed by atoms with Crippen molar-refractivity contribution in [1.82, 2.24) is 10.3 Å². The van der Waals surface area contributed by atoms with E-state index in [-0.39, 0.29) is 18.4 Å². The molecule has 0 aliphatic heterocycles. The lowest BCUT2D eigenvalue weighted by atomic mass is 10.2. The maximum absolute atomic E-state index is 11.8. The lowest BCUT2D eigenvalue weighted by Crippen LogP contribution is -2.31. The molecule has 0 spiro atoms. The third-order valence-corrected chi connectivity index (χ3v) is 3.26. The normalized spacial score (nSPS) is 11.7. The number of ether oxygens (including phenoxy) is 2. The number of carbonyl (C=O) groups excluding carboxylic acids is 1. The molecule has 2 aromatic rings. The molecule has 3 N–H and O–H groups in total. The van der Waals surface area contributed by atoms with Crippen LogP contribution in [-0.2, 0) is 16.1 Å². The monoisotopic (exact) mass is 315 g/mol. The van der Waals surface area contributed by atoms with E-state index in [1.165, 1.54) is 0 Å². The molecule has 0 aliphatic carbocycles. The van der Waals surface area contributed by atoms with Gasteiger partial charge in [-0.05, 0) is 17.7 Å². The topological polar surface area (TPSA) is 86.5 Å². The molecule has 1 atom stereocenters. The highest BCUT2D eigenvalue weighted by molar-refractivity contribution is 5.76. The fourth-order valence-electron chi connectivity index (χ4n) is 1.93. The first kappa shape index (κ1) is 16.9. The first-order valence-corrected chi connectivity index (χ1v) is 7.38. The lowest BCUT2D eigenvalue weighted by Gasteiger charge is -2.12. The van der Waals surface area contributed by atoms with Crippen LogP contribution in [0.1, 0.15) is 12.0 Å². The van der Waals surface area contributed by atoms with Crippen LogP contribution in [0.4, 0.5) is 0 Å². The van der Waals surface area contributed by atoms with Crippen LogP contribution in [0.3, 0.4) is 0 Å². The van der Waals surface area contributed by atoms with Gasteiger partial charge in [0.1, 0.15) is 5.75 Å². The summed E-state index contributed by atoms with van der Waals surface area (Å²) in [4.78, 5) is 16.0. The summed E-state index contributed by atoms with van der Waals surface area (Å²) < 4.78 is 10.7. The predicted octanol–water partition coefficient (Wildman–Crippen LogP) is 1.85. The molecule has 1 heterocycles. The van der Waals surface area contributed by atoms with Crippen molar-refractivity contribution < 1.29 is 14.3 Å². The average Bonchev–Trinajstić information content (AvgIpc) is 2.60. The minimum atomic E-state index is -0.255. The van der Waals surface area contributed by atoms with Gasteiger partial charge in [-0.3, -0.25) is 4.79 Å². The highest BCUT2D eigenvalue weighted by atomic mass is 16.5. The summed E-state index contributed by atoms with van der Waals surface area (Å²) in [6.45, 7) is 0.718. The van der Waals surface area contributed by atoms with Gasteiger partial charge in [-0.15, -0.1) is 0 Å². The average molecular weight is 315 g/mol. The van der Waals surface area contributed by atoms with Crippen LogP contribution >= 0.6 is 0 Å². The number of pyridine rings is 1. The van der Waals surface area contributed by atoms with Crippen LogP contribution in [-0.4, -0.2) is 30.6 Å².